The maximum atomic E-state index is 11.1. The zero-order valence-electron chi connectivity index (χ0n) is 7.09. The molecule has 0 heterocycles. The van der Waals surface area contributed by atoms with Crippen molar-refractivity contribution in [1.29, 1.82) is 0 Å². The summed E-state index contributed by atoms with van der Waals surface area (Å²) >= 11 is 0. The zero-order valence-corrected chi connectivity index (χ0v) is 9.09. The SMILES string of the molecule is CC1CCC/C(=C/[O-])C1=O.[Na+]. The van der Waals surface area contributed by atoms with Crippen molar-refractivity contribution in [1.82, 2.24) is 0 Å². The van der Waals surface area contributed by atoms with E-state index in [2.05, 4.69) is 0 Å². The fraction of sp³-hybridized carbons (Fsp3) is 0.625. The van der Waals surface area contributed by atoms with Gasteiger partial charge >= 0.3 is 29.6 Å². The largest absolute Gasteiger partial charge is 1.00 e. The standard InChI is InChI=1S/C8H12O2.Na/c1-6-3-2-4-7(5-9)8(6)10;/h5-6,9H,2-4H2,1H3;/q;+1/p-1/b7-5-;. The monoisotopic (exact) mass is 162 g/mol. The summed E-state index contributed by atoms with van der Waals surface area (Å²) in [6, 6.07) is 0. The molecule has 0 amide bonds. The third-order valence-electron chi connectivity index (χ3n) is 1.99. The summed E-state index contributed by atoms with van der Waals surface area (Å²) in [4.78, 5) is 11.1. The Morgan fingerprint density at radius 2 is 2.27 bits per heavy atom. The van der Waals surface area contributed by atoms with E-state index in [0.29, 0.717) is 18.3 Å². The van der Waals surface area contributed by atoms with E-state index in [0.717, 1.165) is 12.8 Å². The van der Waals surface area contributed by atoms with Gasteiger partial charge in [0.1, 0.15) is 0 Å². The van der Waals surface area contributed by atoms with Crippen molar-refractivity contribution in [2.45, 2.75) is 26.2 Å². The average Bonchev–Trinajstić information content (AvgIpc) is 1.95. The van der Waals surface area contributed by atoms with Gasteiger partial charge in [0.25, 0.3) is 0 Å². The number of allylic oxidation sites excluding steroid dienone is 1. The zero-order chi connectivity index (χ0) is 7.56. The van der Waals surface area contributed by atoms with Gasteiger partial charge in [0.05, 0.1) is 0 Å². The van der Waals surface area contributed by atoms with Gasteiger partial charge in [0.2, 0.25) is 0 Å². The molecule has 0 spiro atoms. The average molecular weight is 162 g/mol. The molecule has 0 N–H and O–H groups in total. The smallest absolute Gasteiger partial charge is 0.878 e. The molecule has 0 aromatic rings. The van der Waals surface area contributed by atoms with E-state index in [1.165, 1.54) is 0 Å². The molecule has 0 aromatic heterocycles. The Morgan fingerprint density at radius 1 is 1.64 bits per heavy atom. The Balaban J connectivity index is 0.000001000. The fourth-order valence-electron chi connectivity index (χ4n) is 1.29. The maximum absolute atomic E-state index is 11.1. The molecule has 1 rings (SSSR count). The maximum Gasteiger partial charge on any atom is 1.00 e. The molecule has 1 atom stereocenters. The normalized spacial score (nSPS) is 28.3. The van der Waals surface area contributed by atoms with E-state index in [1.807, 2.05) is 6.92 Å². The van der Waals surface area contributed by atoms with Crippen molar-refractivity contribution in [3.05, 3.63) is 11.8 Å². The molecular weight excluding hydrogens is 151 g/mol. The third-order valence-corrected chi connectivity index (χ3v) is 1.99. The van der Waals surface area contributed by atoms with Gasteiger partial charge in [-0.1, -0.05) is 6.92 Å². The summed E-state index contributed by atoms with van der Waals surface area (Å²) in [5, 5.41) is 10.3. The molecule has 1 fully saturated rings. The minimum atomic E-state index is 0. The van der Waals surface area contributed by atoms with E-state index >= 15 is 0 Å². The minimum Gasteiger partial charge on any atom is -0.878 e. The van der Waals surface area contributed by atoms with Crippen molar-refractivity contribution in [3.8, 4) is 0 Å². The Bertz CT molecular complexity index is 175. The number of Topliss-reactive ketones (excluding diaryl/α,β-unsaturated/α-hetero) is 1. The van der Waals surface area contributed by atoms with Crippen molar-refractivity contribution in [2.75, 3.05) is 0 Å². The van der Waals surface area contributed by atoms with Crippen molar-refractivity contribution in [3.63, 3.8) is 0 Å². The Labute approximate surface area is 89.0 Å². The molecular formula is C8H11NaO2. The number of rotatable bonds is 0. The first-order valence-corrected chi connectivity index (χ1v) is 3.61. The number of hydrogen-bond donors (Lipinski definition) is 0. The van der Waals surface area contributed by atoms with Gasteiger partial charge in [-0.05, 0) is 24.8 Å². The molecule has 56 valence electrons. The first kappa shape index (κ1) is 11.2. The summed E-state index contributed by atoms with van der Waals surface area (Å²) in [6.45, 7) is 1.88. The number of ketones is 1. The van der Waals surface area contributed by atoms with E-state index < -0.39 is 0 Å². The van der Waals surface area contributed by atoms with E-state index in [1.54, 1.807) is 0 Å². The molecule has 1 unspecified atom stereocenters. The van der Waals surface area contributed by atoms with Crippen LogP contribution in [-0.2, 0) is 4.79 Å². The number of carbonyl (C=O) groups excluding carboxylic acids is 1. The molecule has 11 heavy (non-hydrogen) atoms. The van der Waals surface area contributed by atoms with Gasteiger partial charge in [-0.15, -0.1) is 6.26 Å². The Kier molecular flexibility index (Phi) is 5.06. The number of carbonyl (C=O) groups is 1. The Hall–Kier alpha value is 0.210. The molecule has 0 aliphatic heterocycles. The van der Waals surface area contributed by atoms with Crippen molar-refractivity contribution in [2.24, 2.45) is 5.92 Å². The van der Waals surface area contributed by atoms with Gasteiger partial charge in [-0.25, -0.2) is 0 Å². The van der Waals surface area contributed by atoms with E-state index in [4.69, 9.17) is 0 Å². The third kappa shape index (κ3) is 2.62. The van der Waals surface area contributed by atoms with Crippen LogP contribution in [-0.4, -0.2) is 5.78 Å². The molecule has 0 radical (unpaired) electrons. The molecule has 3 heteroatoms. The summed E-state index contributed by atoms with van der Waals surface area (Å²) in [6.07, 6.45) is 3.32. The first-order valence-electron chi connectivity index (χ1n) is 3.61. The van der Waals surface area contributed by atoms with Gasteiger partial charge in [-0.2, -0.15) is 0 Å². The quantitative estimate of drug-likeness (QED) is 0.227. The van der Waals surface area contributed by atoms with Gasteiger partial charge < -0.3 is 5.11 Å². The molecule has 0 saturated heterocycles. The summed E-state index contributed by atoms with van der Waals surface area (Å²) in [5.74, 6) is 0.134. The minimum absolute atomic E-state index is 0. The van der Waals surface area contributed by atoms with Gasteiger partial charge in [0, 0.05) is 5.92 Å². The van der Waals surface area contributed by atoms with E-state index in [9.17, 15) is 9.90 Å². The van der Waals surface area contributed by atoms with Crippen molar-refractivity contribution < 1.29 is 39.5 Å². The molecule has 1 aliphatic carbocycles. The predicted molar refractivity (Wildman–Crippen MR) is 36.1 cm³/mol. The van der Waals surface area contributed by atoms with Crippen LogP contribution >= 0.6 is 0 Å². The second kappa shape index (κ2) is 4.96. The van der Waals surface area contributed by atoms with Gasteiger partial charge in [-0.3, -0.25) is 4.79 Å². The van der Waals surface area contributed by atoms with Crippen LogP contribution in [0.15, 0.2) is 11.8 Å². The van der Waals surface area contributed by atoms with Crippen LogP contribution in [0.4, 0.5) is 0 Å². The van der Waals surface area contributed by atoms with Crippen LogP contribution in [0, 0.1) is 5.92 Å². The first-order chi connectivity index (χ1) is 4.75. The van der Waals surface area contributed by atoms with Crippen LogP contribution in [0.25, 0.3) is 0 Å². The van der Waals surface area contributed by atoms with Crippen LogP contribution in [0.5, 0.6) is 0 Å². The van der Waals surface area contributed by atoms with Crippen molar-refractivity contribution >= 4 is 5.78 Å². The van der Waals surface area contributed by atoms with Crippen LogP contribution in [0.2, 0.25) is 0 Å². The van der Waals surface area contributed by atoms with Crippen LogP contribution in [0.1, 0.15) is 26.2 Å². The molecule has 1 saturated carbocycles. The summed E-state index contributed by atoms with van der Waals surface area (Å²) in [5.41, 5.74) is 0.485. The predicted octanol–water partition coefficient (Wildman–Crippen LogP) is -2.38. The van der Waals surface area contributed by atoms with Crippen LogP contribution < -0.4 is 34.7 Å². The molecule has 0 aromatic carbocycles. The molecule has 2 nitrogen and oxygen atoms in total. The fourth-order valence-corrected chi connectivity index (χ4v) is 1.29. The second-order valence-electron chi connectivity index (χ2n) is 2.80. The van der Waals surface area contributed by atoms with E-state index in [-0.39, 0.29) is 41.3 Å². The molecule has 1 aliphatic rings. The summed E-state index contributed by atoms with van der Waals surface area (Å²) in [7, 11) is 0. The second-order valence-corrected chi connectivity index (χ2v) is 2.80. The summed E-state index contributed by atoms with van der Waals surface area (Å²) < 4.78 is 0. The Morgan fingerprint density at radius 3 is 2.73 bits per heavy atom. The van der Waals surface area contributed by atoms with Gasteiger partial charge in [0.15, 0.2) is 5.78 Å². The number of hydrogen-bond acceptors (Lipinski definition) is 2. The van der Waals surface area contributed by atoms with Crippen LogP contribution in [0.3, 0.4) is 0 Å². The topological polar surface area (TPSA) is 40.1 Å². The molecule has 0 bridgehead atoms.